The van der Waals surface area contributed by atoms with Crippen molar-refractivity contribution in [2.75, 3.05) is 11.9 Å². The molecule has 3 amide bonds. The topological polar surface area (TPSA) is 60.9 Å². The lowest BCUT2D eigenvalue weighted by Gasteiger charge is -2.28. The Balaban J connectivity index is 2.07. The van der Waals surface area contributed by atoms with Gasteiger partial charge >= 0.3 is 12.2 Å². The van der Waals surface area contributed by atoms with Crippen molar-refractivity contribution in [3.8, 4) is 5.75 Å². The van der Waals surface area contributed by atoms with Crippen molar-refractivity contribution < 1.29 is 27.9 Å². The zero-order valence-corrected chi connectivity index (χ0v) is 15.0. The molecule has 1 saturated heterocycles. The average molecular weight is 399 g/mol. The van der Waals surface area contributed by atoms with Gasteiger partial charge in [-0.1, -0.05) is 23.7 Å². The van der Waals surface area contributed by atoms with Crippen molar-refractivity contribution in [3.63, 3.8) is 0 Å². The number of phenolic OH excluding ortho intramolecular Hbond substituents is 1. The van der Waals surface area contributed by atoms with Crippen molar-refractivity contribution in [1.82, 2.24) is 4.90 Å². The second-order valence-corrected chi connectivity index (χ2v) is 6.67. The van der Waals surface area contributed by atoms with Crippen LogP contribution < -0.4 is 4.90 Å². The van der Waals surface area contributed by atoms with Crippen molar-refractivity contribution in [2.24, 2.45) is 0 Å². The van der Waals surface area contributed by atoms with Gasteiger partial charge in [-0.2, -0.15) is 13.2 Å². The third-order valence-electron chi connectivity index (χ3n) is 4.71. The van der Waals surface area contributed by atoms with E-state index in [4.69, 9.17) is 11.6 Å². The standard InChI is InChI=1S/C18H14ClF3N2O3/c1-17(10-3-6-12(25)7-4-10)15(26)24(16(27)23(17)2)14-8-5-11(9-13(14)19)18(20,21)22/h3-9,25H,1-2H3. The Bertz CT molecular complexity index is 930. The van der Waals surface area contributed by atoms with Crippen LogP contribution in [0.3, 0.4) is 0 Å². The first-order valence-corrected chi connectivity index (χ1v) is 8.14. The van der Waals surface area contributed by atoms with E-state index in [1.165, 1.54) is 43.1 Å². The van der Waals surface area contributed by atoms with Crippen LogP contribution in [0.2, 0.25) is 5.02 Å². The number of phenols is 1. The SMILES string of the molecule is CN1C(=O)N(c2ccc(C(F)(F)F)cc2Cl)C(=O)C1(C)c1ccc(O)cc1. The maximum atomic E-state index is 13.1. The van der Waals surface area contributed by atoms with Crippen LogP contribution in [0.1, 0.15) is 18.1 Å². The largest absolute Gasteiger partial charge is 0.508 e. The Hall–Kier alpha value is -2.74. The first kappa shape index (κ1) is 19.0. The predicted octanol–water partition coefficient (Wildman–Crippen LogP) is 4.38. The molecule has 0 bridgehead atoms. The number of anilines is 1. The number of alkyl halides is 3. The fraction of sp³-hybridized carbons (Fsp3) is 0.222. The summed E-state index contributed by atoms with van der Waals surface area (Å²) in [7, 11) is 1.41. The molecule has 1 unspecified atom stereocenters. The number of imide groups is 1. The molecule has 9 heteroatoms. The van der Waals surface area contributed by atoms with Gasteiger partial charge in [0.2, 0.25) is 0 Å². The molecule has 5 nitrogen and oxygen atoms in total. The molecule has 1 N–H and O–H groups in total. The van der Waals surface area contributed by atoms with Crippen molar-refractivity contribution in [1.29, 1.82) is 0 Å². The van der Waals surface area contributed by atoms with Crippen molar-refractivity contribution in [3.05, 3.63) is 58.6 Å². The molecule has 1 aliphatic rings. The number of rotatable bonds is 2. The number of carbonyl (C=O) groups excluding carboxylic acids is 2. The van der Waals surface area contributed by atoms with Crippen LogP contribution in [0.15, 0.2) is 42.5 Å². The maximum absolute atomic E-state index is 13.1. The molecule has 1 aliphatic heterocycles. The third-order valence-corrected chi connectivity index (χ3v) is 5.02. The number of amides is 3. The Labute approximate surface area is 157 Å². The summed E-state index contributed by atoms with van der Waals surface area (Å²) in [5, 5.41) is 9.07. The van der Waals surface area contributed by atoms with Gasteiger partial charge in [0.15, 0.2) is 0 Å². The van der Waals surface area contributed by atoms with Crippen LogP contribution >= 0.6 is 11.6 Å². The zero-order chi connectivity index (χ0) is 20.1. The molecule has 1 atom stereocenters. The Kier molecular flexibility index (Phi) is 4.34. The first-order chi connectivity index (χ1) is 12.5. The molecule has 0 aliphatic carbocycles. The second kappa shape index (κ2) is 6.16. The molecule has 0 spiro atoms. The summed E-state index contributed by atoms with van der Waals surface area (Å²) >= 11 is 5.96. The van der Waals surface area contributed by atoms with E-state index in [-0.39, 0.29) is 16.5 Å². The Morgan fingerprint density at radius 1 is 1.07 bits per heavy atom. The van der Waals surface area contributed by atoms with E-state index in [9.17, 15) is 27.9 Å². The molecular weight excluding hydrogens is 385 g/mol. The minimum Gasteiger partial charge on any atom is -0.508 e. The van der Waals surface area contributed by atoms with Gasteiger partial charge in [0.1, 0.15) is 11.3 Å². The highest BCUT2D eigenvalue weighted by molar-refractivity contribution is 6.36. The summed E-state index contributed by atoms with van der Waals surface area (Å²) < 4.78 is 38.5. The second-order valence-electron chi connectivity index (χ2n) is 6.27. The highest BCUT2D eigenvalue weighted by Gasteiger charge is 2.54. The number of carbonyl (C=O) groups is 2. The van der Waals surface area contributed by atoms with Crippen LogP contribution in [0.25, 0.3) is 0 Å². The molecule has 0 radical (unpaired) electrons. The summed E-state index contributed by atoms with van der Waals surface area (Å²) in [6.07, 6.45) is -4.60. The lowest BCUT2D eigenvalue weighted by molar-refractivity contribution is -0.137. The van der Waals surface area contributed by atoms with Crippen molar-refractivity contribution >= 4 is 29.2 Å². The minimum atomic E-state index is -4.60. The zero-order valence-electron chi connectivity index (χ0n) is 14.2. The van der Waals surface area contributed by atoms with E-state index in [2.05, 4.69) is 0 Å². The fourth-order valence-electron chi connectivity index (χ4n) is 2.97. The van der Waals surface area contributed by atoms with E-state index >= 15 is 0 Å². The number of aromatic hydroxyl groups is 1. The summed E-state index contributed by atoms with van der Waals surface area (Å²) in [5.74, 6) is -0.674. The van der Waals surface area contributed by atoms with Gasteiger partial charge in [-0.15, -0.1) is 0 Å². The highest BCUT2D eigenvalue weighted by atomic mass is 35.5. The minimum absolute atomic E-state index is 0.00980. The summed E-state index contributed by atoms with van der Waals surface area (Å²) in [5.41, 5.74) is -2.08. The Morgan fingerprint density at radius 3 is 2.19 bits per heavy atom. The van der Waals surface area contributed by atoms with E-state index < -0.39 is 29.2 Å². The number of hydrogen-bond acceptors (Lipinski definition) is 3. The molecule has 0 aromatic heterocycles. The van der Waals surface area contributed by atoms with Gasteiger partial charge in [-0.25, -0.2) is 9.69 Å². The number of likely N-dealkylation sites (N-methyl/N-ethyl adjacent to an activating group) is 1. The molecule has 1 fully saturated rings. The van der Waals surface area contributed by atoms with Gasteiger partial charge in [0, 0.05) is 7.05 Å². The molecule has 3 rings (SSSR count). The summed E-state index contributed by atoms with van der Waals surface area (Å²) in [6, 6.07) is 7.45. The van der Waals surface area contributed by atoms with E-state index in [0.717, 1.165) is 17.0 Å². The summed E-state index contributed by atoms with van der Waals surface area (Å²) in [6.45, 7) is 1.51. The van der Waals surface area contributed by atoms with Crippen molar-refractivity contribution in [2.45, 2.75) is 18.6 Å². The first-order valence-electron chi connectivity index (χ1n) is 7.76. The molecule has 2 aromatic carbocycles. The normalized spacial score (nSPS) is 20.5. The molecule has 2 aromatic rings. The number of halogens is 4. The smallest absolute Gasteiger partial charge is 0.416 e. The quantitative estimate of drug-likeness (QED) is 0.764. The number of urea groups is 1. The van der Waals surface area contributed by atoms with Gasteiger partial charge < -0.3 is 10.0 Å². The van der Waals surface area contributed by atoms with E-state index in [1.807, 2.05) is 0 Å². The van der Waals surface area contributed by atoms with Crippen LogP contribution in [-0.2, 0) is 16.5 Å². The Morgan fingerprint density at radius 2 is 1.67 bits per heavy atom. The molecule has 27 heavy (non-hydrogen) atoms. The molecule has 0 saturated carbocycles. The lowest BCUT2D eigenvalue weighted by Crippen LogP contribution is -2.42. The molecule has 1 heterocycles. The van der Waals surface area contributed by atoms with Gasteiger partial charge in [0.05, 0.1) is 16.3 Å². The highest BCUT2D eigenvalue weighted by Crippen LogP contribution is 2.42. The van der Waals surface area contributed by atoms with Gasteiger partial charge in [-0.3, -0.25) is 4.79 Å². The number of hydrogen-bond donors (Lipinski definition) is 1. The van der Waals surface area contributed by atoms with E-state index in [1.54, 1.807) is 0 Å². The van der Waals surface area contributed by atoms with Crippen LogP contribution in [0, 0.1) is 0 Å². The fourth-order valence-corrected chi connectivity index (χ4v) is 3.23. The molecule has 142 valence electrons. The van der Waals surface area contributed by atoms with Gasteiger partial charge in [0.25, 0.3) is 5.91 Å². The van der Waals surface area contributed by atoms with E-state index in [0.29, 0.717) is 11.6 Å². The number of nitrogens with zero attached hydrogens (tertiary/aromatic N) is 2. The van der Waals surface area contributed by atoms with Crippen LogP contribution in [0.5, 0.6) is 5.75 Å². The monoisotopic (exact) mass is 398 g/mol. The molecular formula is C18H14ClF3N2O3. The predicted molar refractivity (Wildman–Crippen MR) is 92.6 cm³/mol. The van der Waals surface area contributed by atoms with Crippen LogP contribution in [0.4, 0.5) is 23.7 Å². The van der Waals surface area contributed by atoms with Gasteiger partial charge in [-0.05, 0) is 42.8 Å². The van der Waals surface area contributed by atoms with Crippen LogP contribution in [-0.4, -0.2) is 29.0 Å². The average Bonchev–Trinajstić information content (AvgIpc) is 2.76. The third kappa shape index (κ3) is 2.90. The lowest BCUT2D eigenvalue weighted by atomic mass is 9.90. The number of benzene rings is 2. The summed E-state index contributed by atoms with van der Waals surface area (Å²) in [4.78, 5) is 27.7. The maximum Gasteiger partial charge on any atom is 0.416 e.